The summed E-state index contributed by atoms with van der Waals surface area (Å²) in [4.78, 5) is 23.3. The number of carboxylic acids is 1. The highest BCUT2D eigenvalue weighted by atomic mass is 16.4. The SMILES string of the molecule is O=C(NCC1(C(=O)O)CCCC1)c1ccc(O)c(O)c1. The Morgan fingerprint density at radius 3 is 2.35 bits per heavy atom. The van der Waals surface area contributed by atoms with Gasteiger partial charge in [0.2, 0.25) is 0 Å². The Morgan fingerprint density at radius 2 is 1.80 bits per heavy atom. The molecule has 1 fully saturated rings. The van der Waals surface area contributed by atoms with Crippen LogP contribution in [0.2, 0.25) is 0 Å². The lowest BCUT2D eigenvalue weighted by Gasteiger charge is -2.23. The van der Waals surface area contributed by atoms with Crippen LogP contribution in [0.4, 0.5) is 0 Å². The largest absolute Gasteiger partial charge is 0.504 e. The number of hydrogen-bond donors (Lipinski definition) is 4. The van der Waals surface area contributed by atoms with Crippen molar-refractivity contribution in [3.05, 3.63) is 23.8 Å². The van der Waals surface area contributed by atoms with Gasteiger partial charge in [-0.15, -0.1) is 0 Å². The molecule has 4 N–H and O–H groups in total. The maximum absolute atomic E-state index is 11.9. The second kappa shape index (κ2) is 5.40. The molecule has 0 bridgehead atoms. The molecule has 1 aliphatic rings. The maximum Gasteiger partial charge on any atom is 0.311 e. The van der Waals surface area contributed by atoms with Crippen molar-refractivity contribution < 1.29 is 24.9 Å². The lowest BCUT2D eigenvalue weighted by Crippen LogP contribution is -2.41. The molecular weight excluding hydrogens is 262 g/mol. The average molecular weight is 279 g/mol. The molecule has 1 saturated carbocycles. The van der Waals surface area contributed by atoms with Crippen LogP contribution in [0.5, 0.6) is 11.5 Å². The van der Waals surface area contributed by atoms with E-state index in [-0.39, 0.29) is 23.6 Å². The first-order chi connectivity index (χ1) is 9.44. The first-order valence-corrected chi connectivity index (χ1v) is 6.48. The second-order valence-corrected chi connectivity index (χ2v) is 5.18. The van der Waals surface area contributed by atoms with E-state index in [0.717, 1.165) is 18.9 Å². The minimum atomic E-state index is -0.885. The summed E-state index contributed by atoms with van der Waals surface area (Å²) in [5, 5.41) is 30.4. The molecule has 1 aromatic carbocycles. The molecular formula is C14H17NO5. The highest BCUT2D eigenvalue weighted by molar-refractivity contribution is 5.95. The van der Waals surface area contributed by atoms with Gasteiger partial charge in [0, 0.05) is 12.1 Å². The topological polar surface area (TPSA) is 107 Å². The fraction of sp³-hybridized carbons (Fsp3) is 0.429. The molecule has 0 saturated heterocycles. The third-order valence-electron chi connectivity index (χ3n) is 3.84. The van der Waals surface area contributed by atoms with E-state index in [1.165, 1.54) is 12.1 Å². The Balaban J connectivity index is 2.04. The van der Waals surface area contributed by atoms with Crippen molar-refractivity contribution in [3.8, 4) is 11.5 Å². The molecule has 0 aromatic heterocycles. The highest BCUT2D eigenvalue weighted by Gasteiger charge is 2.41. The average Bonchev–Trinajstić information content (AvgIpc) is 2.89. The van der Waals surface area contributed by atoms with E-state index >= 15 is 0 Å². The molecule has 108 valence electrons. The van der Waals surface area contributed by atoms with Gasteiger partial charge in [0.15, 0.2) is 11.5 Å². The zero-order valence-electron chi connectivity index (χ0n) is 10.9. The van der Waals surface area contributed by atoms with E-state index in [0.29, 0.717) is 12.8 Å². The van der Waals surface area contributed by atoms with Gasteiger partial charge in [-0.05, 0) is 31.0 Å². The minimum Gasteiger partial charge on any atom is -0.504 e. The standard InChI is InChI=1S/C14H17NO5/c16-10-4-3-9(7-11(10)17)12(18)15-8-14(13(19)20)5-1-2-6-14/h3-4,7,16-17H,1-2,5-6,8H2,(H,15,18)(H,19,20). The van der Waals surface area contributed by atoms with Crippen LogP contribution < -0.4 is 5.32 Å². The Morgan fingerprint density at radius 1 is 1.15 bits per heavy atom. The summed E-state index contributed by atoms with van der Waals surface area (Å²) in [6.07, 6.45) is 2.82. The van der Waals surface area contributed by atoms with Crippen LogP contribution in [0, 0.1) is 5.41 Å². The fourth-order valence-corrected chi connectivity index (χ4v) is 2.53. The second-order valence-electron chi connectivity index (χ2n) is 5.18. The summed E-state index contributed by atoms with van der Waals surface area (Å²) in [5.74, 6) is -2.04. The van der Waals surface area contributed by atoms with Gasteiger partial charge in [-0.1, -0.05) is 12.8 Å². The molecule has 6 nitrogen and oxygen atoms in total. The van der Waals surface area contributed by atoms with Gasteiger partial charge in [0.05, 0.1) is 5.41 Å². The molecule has 0 heterocycles. The van der Waals surface area contributed by atoms with Crippen molar-refractivity contribution in [3.63, 3.8) is 0 Å². The summed E-state index contributed by atoms with van der Waals surface area (Å²) < 4.78 is 0. The Labute approximate surface area is 116 Å². The molecule has 2 rings (SSSR count). The van der Waals surface area contributed by atoms with Gasteiger partial charge >= 0.3 is 5.97 Å². The first-order valence-electron chi connectivity index (χ1n) is 6.48. The molecule has 1 amide bonds. The Hall–Kier alpha value is -2.24. The van der Waals surface area contributed by atoms with Gasteiger partial charge in [0.1, 0.15) is 0 Å². The van der Waals surface area contributed by atoms with E-state index < -0.39 is 17.3 Å². The van der Waals surface area contributed by atoms with E-state index in [4.69, 9.17) is 0 Å². The van der Waals surface area contributed by atoms with Crippen LogP contribution in [0.3, 0.4) is 0 Å². The highest BCUT2D eigenvalue weighted by Crippen LogP contribution is 2.37. The predicted molar refractivity (Wildman–Crippen MR) is 70.6 cm³/mol. The zero-order chi connectivity index (χ0) is 14.8. The maximum atomic E-state index is 11.9. The van der Waals surface area contributed by atoms with Gasteiger partial charge < -0.3 is 20.6 Å². The number of rotatable bonds is 4. The molecule has 6 heteroatoms. The lowest BCUT2D eigenvalue weighted by molar-refractivity contribution is -0.148. The number of phenolic OH excluding ortho intramolecular Hbond substituents is 2. The molecule has 20 heavy (non-hydrogen) atoms. The van der Waals surface area contributed by atoms with E-state index in [9.17, 15) is 24.9 Å². The summed E-state index contributed by atoms with van der Waals surface area (Å²) in [5.41, 5.74) is -0.701. The smallest absolute Gasteiger partial charge is 0.311 e. The number of hydrogen-bond acceptors (Lipinski definition) is 4. The quantitative estimate of drug-likeness (QED) is 0.624. The number of carbonyl (C=O) groups excluding carboxylic acids is 1. The van der Waals surface area contributed by atoms with Gasteiger partial charge in [-0.2, -0.15) is 0 Å². The molecule has 1 aromatic rings. The number of aliphatic carboxylic acids is 1. The van der Waals surface area contributed by atoms with E-state index in [2.05, 4.69) is 5.32 Å². The molecule has 0 unspecified atom stereocenters. The monoisotopic (exact) mass is 279 g/mol. The van der Waals surface area contributed by atoms with Crippen molar-refractivity contribution in [1.82, 2.24) is 5.32 Å². The lowest BCUT2D eigenvalue weighted by atomic mass is 9.86. The zero-order valence-corrected chi connectivity index (χ0v) is 10.9. The summed E-state index contributed by atoms with van der Waals surface area (Å²) in [6.45, 7) is 0.0722. The molecule has 0 spiro atoms. The Bertz CT molecular complexity index is 534. The molecule has 0 radical (unpaired) electrons. The van der Waals surface area contributed by atoms with E-state index in [1.807, 2.05) is 0 Å². The van der Waals surface area contributed by atoms with Crippen LogP contribution in [-0.2, 0) is 4.79 Å². The van der Waals surface area contributed by atoms with Crippen LogP contribution in [0.25, 0.3) is 0 Å². The number of benzene rings is 1. The molecule has 0 atom stereocenters. The van der Waals surface area contributed by atoms with Crippen molar-refractivity contribution in [2.75, 3.05) is 6.54 Å². The minimum absolute atomic E-state index is 0.0722. The van der Waals surface area contributed by atoms with Gasteiger partial charge in [-0.25, -0.2) is 0 Å². The Kier molecular flexibility index (Phi) is 3.83. The predicted octanol–water partition coefficient (Wildman–Crippen LogP) is 1.47. The molecule has 1 aliphatic carbocycles. The van der Waals surface area contributed by atoms with Crippen molar-refractivity contribution in [1.29, 1.82) is 0 Å². The summed E-state index contributed by atoms with van der Waals surface area (Å²) >= 11 is 0. The summed E-state index contributed by atoms with van der Waals surface area (Å²) in [6, 6.07) is 3.73. The third kappa shape index (κ3) is 2.68. The van der Waals surface area contributed by atoms with Crippen LogP contribution >= 0.6 is 0 Å². The van der Waals surface area contributed by atoms with Crippen molar-refractivity contribution >= 4 is 11.9 Å². The van der Waals surface area contributed by atoms with Gasteiger partial charge in [0.25, 0.3) is 5.91 Å². The number of nitrogens with one attached hydrogen (secondary N) is 1. The van der Waals surface area contributed by atoms with E-state index in [1.54, 1.807) is 0 Å². The van der Waals surface area contributed by atoms with Gasteiger partial charge in [-0.3, -0.25) is 9.59 Å². The fourth-order valence-electron chi connectivity index (χ4n) is 2.53. The number of aromatic hydroxyl groups is 2. The van der Waals surface area contributed by atoms with Crippen LogP contribution in [0.1, 0.15) is 36.0 Å². The normalized spacial score (nSPS) is 16.8. The molecule has 0 aliphatic heterocycles. The first kappa shape index (κ1) is 14.2. The number of carbonyl (C=O) groups is 2. The van der Waals surface area contributed by atoms with Crippen molar-refractivity contribution in [2.24, 2.45) is 5.41 Å². The van der Waals surface area contributed by atoms with Crippen LogP contribution in [-0.4, -0.2) is 33.7 Å². The van der Waals surface area contributed by atoms with Crippen molar-refractivity contribution in [2.45, 2.75) is 25.7 Å². The van der Waals surface area contributed by atoms with Crippen LogP contribution in [0.15, 0.2) is 18.2 Å². The third-order valence-corrected chi connectivity index (χ3v) is 3.84. The number of amides is 1. The number of phenols is 2. The number of carboxylic acid groups (broad SMARTS) is 1. The summed E-state index contributed by atoms with van der Waals surface area (Å²) in [7, 11) is 0.